The highest BCUT2D eigenvalue weighted by atomic mass is 35.5. The topological polar surface area (TPSA) is 77.6 Å². The minimum atomic E-state index is -0.207. The molecule has 82 valence electrons. The third kappa shape index (κ3) is 2.15. The number of aromatic nitrogens is 4. The lowest BCUT2D eigenvalue weighted by Gasteiger charge is -2.08. The van der Waals surface area contributed by atoms with Gasteiger partial charge in [-0.15, -0.1) is 0 Å². The van der Waals surface area contributed by atoms with E-state index < -0.39 is 0 Å². The van der Waals surface area contributed by atoms with Gasteiger partial charge in [-0.3, -0.25) is 9.97 Å². The van der Waals surface area contributed by atoms with Gasteiger partial charge in [0, 0.05) is 18.4 Å². The SMILES string of the molecule is CC(N)c1nccnc1-c1cnc(Cl)cn1. The highest BCUT2D eigenvalue weighted by Crippen LogP contribution is 2.20. The molecule has 0 saturated heterocycles. The maximum absolute atomic E-state index is 5.81. The van der Waals surface area contributed by atoms with Gasteiger partial charge in [-0.2, -0.15) is 0 Å². The third-order valence-electron chi connectivity index (χ3n) is 2.02. The van der Waals surface area contributed by atoms with Crippen LogP contribution in [0.4, 0.5) is 0 Å². The Morgan fingerprint density at radius 3 is 2.50 bits per heavy atom. The second-order valence-corrected chi connectivity index (χ2v) is 3.69. The van der Waals surface area contributed by atoms with E-state index in [4.69, 9.17) is 17.3 Å². The Hall–Kier alpha value is -1.59. The first kappa shape index (κ1) is 10.9. The van der Waals surface area contributed by atoms with Crippen LogP contribution in [-0.4, -0.2) is 19.9 Å². The Kier molecular flexibility index (Phi) is 3.07. The Bertz CT molecular complexity index is 483. The predicted octanol–water partition coefficient (Wildman–Crippen LogP) is 1.61. The summed E-state index contributed by atoms with van der Waals surface area (Å²) in [5.74, 6) is 0. The Balaban J connectivity index is 2.51. The maximum atomic E-state index is 5.81. The molecule has 2 rings (SSSR count). The molecule has 0 aliphatic carbocycles. The summed E-state index contributed by atoms with van der Waals surface area (Å²) in [4.78, 5) is 16.5. The number of hydrogen-bond donors (Lipinski definition) is 1. The number of nitrogens with two attached hydrogens (primary N) is 1. The predicted molar refractivity (Wildman–Crippen MR) is 60.7 cm³/mol. The van der Waals surface area contributed by atoms with Gasteiger partial charge in [-0.05, 0) is 6.92 Å². The first-order valence-corrected chi connectivity index (χ1v) is 5.10. The van der Waals surface area contributed by atoms with E-state index in [0.717, 1.165) is 0 Å². The lowest BCUT2D eigenvalue weighted by atomic mass is 10.1. The van der Waals surface area contributed by atoms with Crippen molar-refractivity contribution in [2.45, 2.75) is 13.0 Å². The van der Waals surface area contributed by atoms with Crippen LogP contribution in [0.2, 0.25) is 5.15 Å². The molecule has 0 radical (unpaired) electrons. The fourth-order valence-corrected chi connectivity index (χ4v) is 1.41. The molecule has 0 aromatic carbocycles. The zero-order valence-corrected chi connectivity index (χ0v) is 9.39. The second kappa shape index (κ2) is 4.51. The van der Waals surface area contributed by atoms with Crippen molar-refractivity contribution in [3.8, 4) is 11.4 Å². The molecule has 0 amide bonds. The molecule has 16 heavy (non-hydrogen) atoms. The Labute approximate surface area is 97.7 Å². The smallest absolute Gasteiger partial charge is 0.147 e. The summed E-state index contributed by atoms with van der Waals surface area (Å²) in [7, 11) is 0. The molecule has 0 spiro atoms. The lowest BCUT2D eigenvalue weighted by molar-refractivity contribution is 0.774. The van der Waals surface area contributed by atoms with Crippen LogP contribution in [0, 0.1) is 0 Å². The quantitative estimate of drug-likeness (QED) is 0.856. The highest BCUT2D eigenvalue weighted by Gasteiger charge is 2.12. The molecular formula is C10H10ClN5. The van der Waals surface area contributed by atoms with E-state index >= 15 is 0 Å². The molecule has 1 atom stereocenters. The van der Waals surface area contributed by atoms with Gasteiger partial charge < -0.3 is 5.73 Å². The van der Waals surface area contributed by atoms with Gasteiger partial charge in [0.15, 0.2) is 0 Å². The van der Waals surface area contributed by atoms with Crippen LogP contribution in [0.15, 0.2) is 24.8 Å². The summed E-state index contributed by atoms with van der Waals surface area (Å²) in [5, 5.41) is 0.343. The van der Waals surface area contributed by atoms with E-state index in [1.807, 2.05) is 6.92 Å². The summed E-state index contributed by atoms with van der Waals surface area (Å²) < 4.78 is 0. The molecule has 0 aliphatic heterocycles. The van der Waals surface area contributed by atoms with Crippen LogP contribution in [0.25, 0.3) is 11.4 Å². The first-order valence-electron chi connectivity index (χ1n) is 4.73. The van der Waals surface area contributed by atoms with Crippen molar-refractivity contribution in [2.24, 2.45) is 5.73 Å². The summed E-state index contributed by atoms with van der Waals surface area (Å²) in [6.45, 7) is 1.84. The van der Waals surface area contributed by atoms with E-state index in [2.05, 4.69) is 19.9 Å². The average Bonchev–Trinajstić information content (AvgIpc) is 2.30. The lowest BCUT2D eigenvalue weighted by Crippen LogP contribution is -2.10. The molecular weight excluding hydrogens is 226 g/mol. The van der Waals surface area contributed by atoms with E-state index in [-0.39, 0.29) is 6.04 Å². The van der Waals surface area contributed by atoms with Gasteiger partial charge in [-0.25, -0.2) is 9.97 Å². The standard InChI is InChI=1S/C10H10ClN5/c1-6(12)9-10(14-3-2-13-9)7-4-16-8(11)5-15-7/h2-6H,12H2,1H3. The summed E-state index contributed by atoms with van der Waals surface area (Å²) in [6, 6.07) is -0.207. The average molecular weight is 236 g/mol. The molecule has 0 saturated carbocycles. The zero-order valence-electron chi connectivity index (χ0n) is 8.63. The van der Waals surface area contributed by atoms with Crippen molar-refractivity contribution in [3.05, 3.63) is 35.6 Å². The van der Waals surface area contributed by atoms with Crippen LogP contribution < -0.4 is 5.73 Å². The van der Waals surface area contributed by atoms with Gasteiger partial charge in [0.05, 0.1) is 18.1 Å². The van der Waals surface area contributed by atoms with Gasteiger partial charge >= 0.3 is 0 Å². The first-order chi connectivity index (χ1) is 7.68. The molecule has 2 heterocycles. The van der Waals surface area contributed by atoms with Gasteiger partial charge in [0.2, 0.25) is 0 Å². The van der Waals surface area contributed by atoms with Crippen molar-refractivity contribution in [2.75, 3.05) is 0 Å². The van der Waals surface area contributed by atoms with Gasteiger partial charge in [0.1, 0.15) is 16.5 Å². The number of nitrogens with zero attached hydrogens (tertiary/aromatic N) is 4. The summed E-state index contributed by atoms with van der Waals surface area (Å²) in [5.41, 5.74) is 7.75. The van der Waals surface area contributed by atoms with Crippen LogP contribution in [0.1, 0.15) is 18.7 Å². The molecule has 5 nitrogen and oxygen atoms in total. The molecule has 0 aliphatic rings. The van der Waals surface area contributed by atoms with Crippen LogP contribution in [0.5, 0.6) is 0 Å². The molecule has 6 heteroatoms. The van der Waals surface area contributed by atoms with Crippen LogP contribution in [0.3, 0.4) is 0 Å². The summed E-state index contributed by atoms with van der Waals surface area (Å²) in [6.07, 6.45) is 6.22. The van der Waals surface area contributed by atoms with E-state index in [9.17, 15) is 0 Å². The number of rotatable bonds is 2. The van der Waals surface area contributed by atoms with Crippen molar-refractivity contribution >= 4 is 11.6 Å². The number of hydrogen-bond acceptors (Lipinski definition) is 5. The maximum Gasteiger partial charge on any atom is 0.147 e. The Morgan fingerprint density at radius 2 is 1.88 bits per heavy atom. The normalized spacial score (nSPS) is 12.4. The monoisotopic (exact) mass is 235 g/mol. The molecule has 0 fully saturated rings. The zero-order chi connectivity index (χ0) is 11.5. The molecule has 2 aromatic rings. The van der Waals surface area contributed by atoms with Crippen molar-refractivity contribution in [1.82, 2.24) is 19.9 Å². The molecule has 0 bridgehead atoms. The molecule has 2 N–H and O–H groups in total. The summed E-state index contributed by atoms with van der Waals surface area (Å²) >= 11 is 5.67. The largest absolute Gasteiger partial charge is 0.323 e. The van der Waals surface area contributed by atoms with Gasteiger partial charge in [-0.1, -0.05) is 11.6 Å². The third-order valence-corrected chi connectivity index (χ3v) is 2.22. The van der Waals surface area contributed by atoms with Gasteiger partial charge in [0.25, 0.3) is 0 Å². The minimum absolute atomic E-state index is 0.207. The highest BCUT2D eigenvalue weighted by molar-refractivity contribution is 6.29. The van der Waals surface area contributed by atoms with Crippen LogP contribution >= 0.6 is 11.6 Å². The fraction of sp³-hybridized carbons (Fsp3) is 0.200. The van der Waals surface area contributed by atoms with E-state index in [1.54, 1.807) is 18.6 Å². The Morgan fingerprint density at radius 1 is 1.12 bits per heavy atom. The fourth-order valence-electron chi connectivity index (χ4n) is 1.31. The molecule has 2 aromatic heterocycles. The van der Waals surface area contributed by atoms with Crippen molar-refractivity contribution in [1.29, 1.82) is 0 Å². The minimum Gasteiger partial charge on any atom is -0.323 e. The van der Waals surface area contributed by atoms with Crippen LogP contribution in [-0.2, 0) is 0 Å². The van der Waals surface area contributed by atoms with E-state index in [0.29, 0.717) is 22.2 Å². The van der Waals surface area contributed by atoms with Crippen molar-refractivity contribution < 1.29 is 0 Å². The van der Waals surface area contributed by atoms with Crippen molar-refractivity contribution in [3.63, 3.8) is 0 Å². The second-order valence-electron chi connectivity index (χ2n) is 3.30. The molecule has 1 unspecified atom stereocenters. The number of halogens is 1. The van der Waals surface area contributed by atoms with E-state index in [1.165, 1.54) is 6.20 Å².